The second-order valence-corrected chi connectivity index (χ2v) is 6.72. The van der Waals surface area contributed by atoms with Crippen LogP contribution in [0.3, 0.4) is 0 Å². The molecule has 120 valence electrons. The predicted octanol–water partition coefficient (Wildman–Crippen LogP) is 3.97. The van der Waals surface area contributed by atoms with Gasteiger partial charge in [-0.2, -0.15) is 0 Å². The number of hydrogen-bond donors (Lipinski definition) is 0. The first-order valence-corrected chi connectivity index (χ1v) is 8.85. The monoisotopic (exact) mass is 372 g/mol. The molecule has 1 heterocycles. The third-order valence-corrected chi connectivity index (χ3v) is 4.90. The van der Waals surface area contributed by atoms with E-state index in [1.54, 1.807) is 0 Å². The van der Waals surface area contributed by atoms with Gasteiger partial charge in [0.2, 0.25) is 0 Å². The van der Waals surface area contributed by atoms with Crippen molar-refractivity contribution in [1.82, 2.24) is 4.90 Å². The minimum absolute atomic E-state index is 0.142. The summed E-state index contributed by atoms with van der Waals surface area (Å²) >= 11 is 3.46. The number of piperazine rings is 1. The zero-order valence-corrected chi connectivity index (χ0v) is 14.9. The zero-order valence-electron chi connectivity index (χ0n) is 13.3. The standard InChI is InChI=1S/C19H21BrN2O/c1-2-15-3-5-16(6-4-15)19(23)22-13-11-21(12-14-22)18-9-7-17(20)8-10-18/h3-10H,2,11-14H2,1H3. The van der Waals surface area contributed by atoms with E-state index in [4.69, 9.17) is 0 Å². The Labute approximate surface area is 146 Å². The lowest BCUT2D eigenvalue weighted by molar-refractivity contribution is 0.0747. The van der Waals surface area contributed by atoms with E-state index >= 15 is 0 Å². The molecule has 0 saturated carbocycles. The molecule has 0 unspecified atom stereocenters. The summed E-state index contributed by atoms with van der Waals surface area (Å²) in [5.74, 6) is 0.142. The number of benzene rings is 2. The number of aryl methyl sites for hydroxylation is 1. The predicted molar refractivity (Wildman–Crippen MR) is 98.1 cm³/mol. The number of halogens is 1. The van der Waals surface area contributed by atoms with E-state index in [-0.39, 0.29) is 5.91 Å². The lowest BCUT2D eigenvalue weighted by Gasteiger charge is -2.36. The third kappa shape index (κ3) is 3.75. The first kappa shape index (κ1) is 16.1. The van der Waals surface area contributed by atoms with Gasteiger partial charge < -0.3 is 9.80 Å². The van der Waals surface area contributed by atoms with Gasteiger partial charge in [0, 0.05) is 41.9 Å². The molecule has 1 aliphatic heterocycles. The molecular weight excluding hydrogens is 352 g/mol. The van der Waals surface area contributed by atoms with Gasteiger partial charge in [0.25, 0.3) is 5.91 Å². The maximum atomic E-state index is 12.6. The number of amides is 1. The number of anilines is 1. The highest BCUT2D eigenvalue weighted by Gasteiger charge is 2.22. The van der Waals surface area contributed by atoms with Crippen molar-refractivity contribution >= 4 is 27.5 Å². The van der Waals surface area contributed by atoms with E-state index in [9.17, 15) is 4.79 Å². The number of carbonyl (C=O) groups excluding carboxylic acids is 1. The average Bonchev–Trinajstić information content (AvgIpc) is 2.62. The molecule has 0 bridgehead atoms. The van der Waals surface area contributed by atoms with Crippen molar-refractivity contribution in [3.05, 3.63) is 64.1 Å². The van der Waals surface area contributed by atoms with Crippen molar-refractivity contribution in [2.75, 3.05) is 31.1 Å². The van der Waals surface area contributed by atoms with Crippen LogP contribution in [-0.2, 0) is 6.42 Å². The molecule has 1 aliphatic rings. The van der Waals surface area contributed by atoms with Crippen LogP contribution in [0.15, 0.2) is 53.0 Å². The number of carbonyl (C=O) groups is 1. The molecule has 2 aromatic rings. The van der Waals surface area contributed by atoms with Gasteiger partial charge >= 0.3 is 0 Å². The topological polar surface area (TPSA) is 23.6 Å². The summed E-state index contributed by atoms with van der Waals surface area (Å²) in [5, 5.41) is 0. The van der Waals surface area contributed by atoms with Gasteiger partial charge in [-0.3, -0.25) is 4.79 Å². The van der Waals surface area contributed by atoms with Crippen molar-refractivity contribution < 1.29 is 4.79 Å². The van der Waals surface area contributed by atoms with Crippen LogP contribution in [0.2, 0.25) is 0 Å². The van der Waals surface area contributed by atoms with Crippen molar-refractivity contribution in [1.29, 1.82) is 0 Å². The van der Waals surface area contributed by atoms with Crippen LogP contribution in [0.25, 0.3) is 0 Å². The molecule has 1 amide bonds. The van der Waals surface area contributed by atoms with Crippen LogP contribution in [0.4, 0.5) is 5.69 Å². The molecule has 0 radical (unpaired) electrons. The van der Waals surface area contributed by atoms with E-state index in [0.29, 0.717) is 0 Å². The molecule has 0 aromatic heterocycles. The fourth-order valence-electron chi connectivity index (χ4n) is 2.89. The minimum atomic E-state index is 0.142. The van der Waals surface area contributed by atoms with Crippen LogP contribution in [0.5, 0.6) is 0 Å². The molecule has 3 nitrogen and oxygen atoms in total. The number of rotatable bonds is 3. The van der Waals surface area contributed by atoms with Crippen molar-refractivity contribution in [2.45, 2.75) is 13.3 Å². The Bertz CT molecular complexity index is 659. The summed E-state index contributed by atoms with van der Waals surface area (Å²) in [7, 11) is 0. The van der Waals surface area contributed by atoms with Crippen LogP contribution < -0.4 is 4.90 Å². The summed E-state index contributed by atoms with van der Waals surface area (Å²) < 4.78 is 1.09. The van der Waals surface area contributed by atoms with Crippen molar-refractivity contribution in [2.24, 2.45) is 0 Å². The Hall–Kier alpha value is -1.81. The lowest BCUT2D eigenvalue weighted by atomic mass is 10.1. The molecule has 2 aromatic carbocycles. The van der Waals surface area contributed by atoms with Gasteiger partial charge in [-0.25, -0.2) is 0 Å². The summed E-state index contributed by atoms with van der Waals surface area (Å²) in [5.41, 5.74) is 3.27. The second-order valence-electron chi connectivity index (χ2n) is 5.81. The molecule has 0 N–H and O–H groups in total. The van der Waals surface area contributed by atoms with Crippen molar-refractivity contribution in [3.63, 3.8) is 0 Å². The Morgan fingerprint density at radius 3 is 2.13 bits per heavy atom. The largest absolute Gasteiger partial charge is 0.368 e. The molecular formula is C19H21BrN2O. The SMILES string of the molecule is CCc1ccc(C(=O)N2CCN(c3ccc(Br)cc3)CC2)cc1. The lowest BCUT2D eigenvalue weighted by Crippen LogP contribution is -2.48. The van der Waals surface area contributed by atoms with E-state index in [2.05, 4.69) is 52.0 Å². The van der Waals surface area contributed by atoms with Gasteiger partial charge in [0.1, 0.15) is 0 Å². The molecule has 0 atom stereocenters. The van der Waals surface area contributed by atoms with Gasteiger partial charge in [-0.05, 0) is 48.4 Å². The fraction of sp³-hybridized carbons (Fsp3) is 0.316. The van der Waals surface area contributed by atoms with Crippen LogP contribution in [-0.4, -0.2) is 37.0 Å². The number of nitrogens with zero attached hydrogens (tertiary/aromatic N) is 2. The Kier molecular flexibility index (Phi) is 5.01. The molecule has 4 heteroatoms. The van der Waals surface area contributed by atoms with Crippen molar-refractivity contribution in [3.8, 4) is 0 Å². The summed E-state index contributed by atoms with van der Waals surface area (Å²) in [6.45, 7) is 5.41. The highest BCUT2D eigenvalue weighted by molar-refractivity contribution is 9.10. The Morgan fingerprint density at radius 1 is 0.957 bits per heavy atom. The van der Waals surface area contributed by atoms with E-state index < -0.39 is 0 Å². The zero-order chi connectivity index (χ0) is 16.2. The first-order valence-electron chi connectivity index (χ1n) is 8.06. The molecule has 3 rings (SSSR count). The van der Waals surface area contributed by atoms with Gasteiger partial charge in [0.15, 0.2) is 0 Å². The smallest absolute Gasteiger partial charge is 0.253 e. The highest BCUT2D eigenvalue weighted by Crippen LogP contribution is 2.20. The maximum absolute atomic E-state index is 12.6. The highest BCUT2D eigenvalue weighted by atomic mass is 79.9. The minimum Gasteiger partial charge on any atom is -0.368 e. The van der Waals surface area contributed by atoms with Crippen LogP contribution >= 0.6 is 15.9 Å². The molecule has 23 heavy (non-hydrogen) atoms. The normalized spacial score (nSPS) is 14.9. The molecule has 0 aliphatic carbocycles. The fourth-order valence-corrected chi connectivity index (χ4v) is 3.15. The second kappa shape index (κ2) is 7.18. The maximum Gasteiger partial charge on any atom is 0.253 e. The van der Waals surface area contributed by atoms with E-state index in [1.807, 2.05) is 29.2 Å². The first-order chi connectivity index (χ1) is 11.2. The van der Waals surface area contributed by atoms with E-state index in [1.165, 1.54) is 11.3 Å². The van der Waals surface area contributed by atoms with Gasteiger partial charge in [0.05, 0.1) is 0 Å². The quantitative estimate of drug-likeness (QED) is 0.813. The summed E-state index contributed by atoms with van der Waals surface area (Å²) in [6, 6.07) is 16.3. The van der Waals surface area contributed by atoms with Crippen LogP contribution in [0, 0.1) is 0 Å². The molecule has 1 fully saturated rings. The summed E-state index contributed by atoms with van der Waals surface area (Å²) in [4.78, 5) is 16.9. The molecule has 0 spiro atoms. The summed E-state index contributed by atoms with van der Waals surface area (Å²) in [6.07, 6.45) is 1.00. The third-order valence-electron chi connectivity index (χ3n) is 4.37. The molecule has 1 saturated heterocycles. The van der Waals surface area contributed by atoms with Crippen LogP contribution in [0.1, 0.15) is 22.8 Å². The Morgan fingerprint density at radius 2 is 1.57 bits per heavy atom. The van der Waals surface area contributed by atoms with Gasteiger partial charge in [-0.15, -0.1) is 0 Å². The van der Waals surface area contributed by atoms with E-state index in [0.717, 1.165) is 42.6 Å². The van der Waals surface area contributed by atoms with Gasteiger partial charge in [-0.1, -0.05) is 35.0 Å². The Balaban J connectivity index is 1.61. The average molecular weight is 373 g/mol. The number of hydrogen-bond acceptors (Lipinski definition) is 2.